The van der Waals surface area contributed by atoms with Gasteiger partial charge in [-0.15, -0.1) is 0 Å². The standard InChI is InChI=1S/C16H17ClN2O2/c1-9-14(18-16(10-4-5-10)19-15(9)17)12-7-6-11(20-2)8-13(12)21-3/h6-8,10H,4-5H2,1-3H3. The third-order valence-electron chi connectivity index (χ3n) is 3.71. The van der Waals surface area contributed by atoms with E-state index in [0.29, 0.717) is 16.8 Å². The molecular weight excluding hydrogens is 288 g/mol. The highest BCUT2D eigenvalue weighted by Gasteiger charge is 2.28. The van der Waals surface area contributed by atoms with Crippen molar-refractivity contribution in [1.29, 1.82) is 0 Å². The Bertz CT molecular complexity index is 684. The van der Waals surface area contributed by atoms with Crippen LogP contribution in [-0.4, -0.2) is 24.2 Å². The number of methoxy groups -OCH3 is 2. The summed E-state index contributed by atoms with van der Waals surface area (Å²) in [6.45, 7) is 1.93. The quantitative estimate of drug-likeness (QED) is 0.801. The van der Waals surface area contributed by atoms with Crippen LogP contribution < -0.4 is 9.47 Å². The summed E-state index contributed by atoms with van der Waals surface area (Å²) >= 11 is 6.28. The van der Waals surface area contributed by atoms with Gasteiger partial charge in [-0.25, -0.2) is 9.97 Å². The maximum Gasteiger partial charge on any atom is 0.136 e. The summed E-state index contributed by atoms with van der Waals surface area (Å²) in [6, 6.07) is 5.69. The maximum atomic E-state index is 6.28. The third kappa shape index (κ3) is 2.68. The molecule has 1 aliphatic rings. The Morgan fingerprint density at radius 3 is 2.52 bits per heavy atom. The van der Waals surface area contributed by atoms with Gasteiger partial charge in [-0.2, -0.15) is 0 Å². The molecule has 110 valence electrons. The first-order chi connectivity index (χ1) is 10.1. The van der Waals surface area contributed by atoms with Gasteiger partial charge in [-0.1, -0.05) is 11.6 Å². The zero-order valence-corrected chi connectivity index (χ0v) is 13.1. The first kappa shape index (κ1) is 14.1. The smallest absolute Gasteiger partial charge is 0.136 e. The van der Waals surface area contributed by atoms with Crippen LogP contribution in [0.5, 0.6) is 11.5 Å². The fraction of sp³-hybridized carbons (Fsp3) is 0.375. The Morgan fingerprint density at radius 2 is 1.90 bits per heavy atom. The molecule has 5 heteroatoms. The topological polar surface area (TPSA) is 44.2 Å². The van der Waals surface area contributed by atoms with Crippen LogP contribution in [-0.2, 0) is 0 Å². The van der Waals surface area contributed by atoms with Crippen molar-refractivity contribution < 1.29 is 9.47 Å². The Labute approximate surface area is 129 Å². The Morgan fingerprint density at radius 1 is 1.14 bits per heavy atom. The molecule has 1 aliphatic carbocycles. The summed E-state index contributed by atoms with van der Waals surface area (Å²) in [5, 5.41) is 0.514. The van der Waals surface area contributed by atoms with E-state index in [9.17, 15) is 0 Å². The van der Waals surface area contributed by atoms with Crippen molar-refractivity contribution in [3.63, 3.8) is 0 Å². The largest absolute Gasteiger partial charge is 0.497 e. The van der Waals surface area contributed by atoms with Gasteiger partial charge in [-0.3, -0.25) is 0 Å². The number of nitrogens with zero attached hydrogens (tertiary/aromatic N) is 2. The van der Waals surface area contributed by atoms with E-state index in [2.05, 4.69) is 4.98 Å². The van der Waals surface area contributed by atoms with Crippen molar-refractivity contribution >= 4 is 11.6 Å². The van der Waals surface area contributed by atoms with Crippen LogP contribution in [0.25, 0.3) is 11.3 Å². The van der Waals surface area contributed by atoms with Gasteiger partial charge in [0.05, 0.1) is 19.9 Å². The average molecular weight is 305 g/mol. The molecule has 0 aliphatic heterocycles. The summed E-state index contributed by atoms with van der Waals surface area (Å²) in [7, 11) is 3.27. The van der Waals surface area contributed by atoms with E-state index in [0.717, 1.165) is 41.2 Å². The van der Waals surface area contributed by atoms with Crippen molar-refractivity contribution in [2.45, 2.75) is 25.7 Å². The highest BCUT2D eigenvalue weighted by molar-refractivity contribution is 6.30. The number of halogens is 1. The lowest BCUT2D eigenvalue weighted by molar-refractivity contribution is 0.395. The minimum Gasteiger partial charge on any atom is -0.497 e. The van der Waals surface area contributed by atoms with Crippen LogP contribution in [0.15, 0.2) is 18.2 Å². The molecule has 0 radical (unpaired) electrons. The van der Waals surface area contributed by atoms with Gasteiger partial charge in [0, 0.05) is 23.1 Å². The molecule has 0 atom stereocenters. The predicted octanol–water partition coefficient (Wildman–Crippen LogP) is 4.00. The molecule has 0 bridgehead atoms. The van der Waals surface area contributed by atoms with E-state index in [4.69, 9.17) is 26.1 Å². The molecule has 3 rings (SSSR count). The summed E-state index contributed by atoms with van der Waals surface area (Å²) in [6.07, 6.45) is 2.27. The molecule has 1 saturated carbocycles. The zero-order chi connectivity index (χ0) is 15.0. The monoisotopic (exact) mass is 304 g/mol. The molecule has 0 saturated heterocycles. The maximum absolute atomic E-state index is 6.28. The molecule has 4 nitrogen and oxygen atoms in total. The molecule has 1 heterocycles. The van der Waals surface area contributed by atoms with Gasteiger partial charge < -0.3 is 9.47 Å². The second-order valence-electron chi connectivity index (χ2n) is 5.19. The van der Waals surface area contributed by atoms with E-state index < -0.39 is 0 Å². The molecule has 1 aromatic carbocycles. The Kier molecular flexibility index (Phi) is 3.72. The molecule has 0 spiro atoms. The van der Waals surface area contributed by atoms with Crippen molar-refractivity contribution in [1.82, 2.24) is 9.97 Å². The number of hydrogen-bond acceptors (Lipinski definition) is 4. The Hall–Kier alpha value is -1.81. The van der Waals surface area contributed by atoms with E-state index >= 15 is 0 Å². The predicted molar refractivity (Wildman–Crippen MR) is 82.3 cm³/mol. The summed E-state index contributed by atoms with van der Waals surface area (Å²) in [4.78, 5) is 9.11. The lowest BCUT2D eigenvalue weighted by atomic mass is 10.1. The number of aromatic nitrogens is 2. The fourth-order valence-electron chi connectivity index (χ4n) is 2.29. The number of hydrogen-bond donors (Lipinski definition) is 0. The molecule has 1 aromatic heterocycles. The number of benzene rings is 1. The fourth-order valence-corrected chi connectivity index (χ4v) is 2.46. The molecule has 1 fully saturated rings. The number of ether oxygens (including phenoxy) is 2. The van der Waals surface area contributed by atoms with Crippen LogP contribution in [0.2, 0.25) is 5.15 Å². The first-order valence-corrected chi connectivity index (χ1v) is 7.28. The molecule has 0 unspecified atom stereocenters. The number of rotatable bonds is 4. The van der Waals surface area contributed by atoms with Crippen molar-refractivity contribution in [3.05, 3.63) is 34.7 Å². The van der Waals surface area contributed by atoms with Gasteiger partial charge in [-0.05, 0) is 31.9 Å². The molecular formula is C16H17ClN2O2. The Balaban J connectivity index is 2.15. The van der Waals surface area contributed by atoms with Crippen molar-refractivity contribution in [2.24, 2.45) is 0 Å². The van der Waals surface area contributed by atoms with Gasteiger partial charge >= 0.3 is 0 Å². The van der Waals surface area contributed by atoms with E-state index in [-0.39, 0.29) is 0 Å². The van der Waals surface area contributed by atoms with Crippen LogP contribution in [0.3, 0.4) is 0 Å². The molecule has 0 N–H and O–H groups in total. The van der Waals surface area contributed by atoms with E-state index in [1.807, 2.05) is 25.1 Å². The van der Waals surface area contributed by atoms with Gasteiger partial charge in [0.1, 0.15) is 22.5 Å². The normalized spacial score (nSPS) is 14.1. The second-order valence-corrected chi connectivity index (χ2v) is 5.54. The highest BCUT2D eigenvalue weighted by atomic mass is 35.5. The minimum atomic E-state index is 0.450. The summed E-state index contributed by atoms with van der Waals surface area (Å²) in [5.74, 6) is 2.74. The van der Waals surface area contributed by atoms with Crippen LogP contribution in [0, 0.1) is 6.92 Å². The second kappa shape index (κ2) is 5.53. The zero-order valence-electron chi connectivity index (χ0n) is 12.3. The summed E-state index contributed by atoms with van der Waals surface area (Å²) in [5.41, 5.74) is 2.60. The van der Waals surface area contributed by atoms with Crippen LogP contribution in [0.4, 0.5) is 0 Å². The molecule has 21 heavy (non-hydrogen) atoms. The molecule has 0 amide bonds. The SMILES string of the molecule is COc1ccc(-c2nc(C3CC3)nc(Cl)c2C)c(OC)c1. The molecule has 2 aromatic rings. The summed E-state index contributed by atoms with van der Waals surface area (Å²) < 4.78 is 10.7. The first-order valence-electron chi connectivity index (χ1n) is 6.90. The van der Waals surface area contributed by atoms with E-state index in [1.54, 1.807) is 14.2 Å². The average Bonchev–Trinajstić information content (AvgIpc) is 3.34. The lowest BCUT2D eigenvalue weighted by Gasteiger charge is -2.13. The van der Waals surface area contributed by atoms with Crippen molar-refractivity contribution in [3.8, 4) is 22.8 Å². The van der Waals surface area contributed by atoms with Crippen LogP contribution in [0.1, 0.15) is 30.1 Å². The third-order valence-corrected chi connectivity index (χ3v) is 4.08. The van der Waals surface area contributed by atoms with Crippen molar-refractivity contribution in [2.75, 3.05) is 14.2 Å². The van der Waals surface area contributed by atoms with Gasteiger partial charge in [0.25, 0.3) is 0 Å². The van der Waals surface area contributed by atoms with Gasteiger partial charge in [0.2, 0.25) is 0 Å². The highest BCUT2D eigenvalue weighted by Crippen LogP contribution is 2.41. The van der Waals surface area contributed by atoms with E-state index in [1.165, 1.54) is 0 Å². The van der Waals surface area contributed by atoms with Gasteiger partial charge in [0.15, 0.2) is 0 Å². The van der Waals surface area contributed by atoms with Crippen LogP contribution >= 0.6 is 11.6 Å². The minimum absolute atomic E-state index is 0.450. The lowest BCUT2D eigenvalue weighted by Crippen LogP contribution is -2.01.